The van der Waals surface area contributed by atoms with Crippen LogP contribution in [0.3, 0.4) is 0 Å². The molecule has 0 unspecified atom stereocenters. The van der Waals surface area contributed by atoms with Gasteiger partial charge in [0.25, 0.3) is 0 Å². The first-order valence-electron chi connectivity index (χ1n) is 6.10. The van der Waals surface area contributed by atoms with E-state index in [0.717, 1.165) is 6.42 Å². The molecule has 0 aromatic heterocycles. The molecule has 0 aliphatic rings. The molecule has 0 aliphatic heterocycles. The van der Waals surface area contributed by atoms with Gasteiger partial charge in [0, 0.05) is 6.54 Å². The molecule has 4 nitrogen and oxygen atoms in total. The van der Waals surface area contributed by atoms with Crippen molar-refractivity contribution in [1.29, 1.82) is 0 Å². The Balaban J connectivity index is 2.75. The molecule has 0 fully saturated rings. The highest BCUT2D eigenvalue weighted by Crippen LogP contribution is 2.12. The highest BCUT2D eigenvalue weighted by Gasteiger charge is 2.27. The minimum atomic E-state index is -3.59. The maximum absolute atomic E-state index is 12.7. The monoisotopic (exact) mass is 287 g/mol. The SMILES string of the molecule is CCCNC(=O)[C@@H](C)S(=O)(=O)Cc1ccc(F)cc1. The number of nitrogens with one attached hydrogen (secondary N) is 1. The van der Waals surface area contributed by atoms with Gasteiger partial charge in [0.15, 0.2) is 9.84 Å². The molecule has 1 N–H and O–H groups in total. The third-order valence-corrected chi connectivity index (χ3v) is 4.77. The van der Waals surface area contributed by atoms with E-state index in [2.05, 4.69) is 5.32 Å². The van der Waals surface area contributed by atoms with Crippen molar-refractivity contribution in [3.8, 4) is 0 Å². The number of hydrogen-bond acceptors (Lipinski definition) is 3. The highest BCUT2D eigenvalue weighted by atomic mass is 32.2. The van der Waals surface area contributed by atoms with E-state index in [9.17, 15) is 17.6 Å². The van der Waals surface area contributed by atoms with Crippen LogP contribution in [0.25, 0.3) is 0 Å². The molecule has 19 heavy (non-hydrogen) atoms. The first-order chi connectivity index (χ1) is 8.86. The molecule has 0 heterocycles. The average Bonchev–Trinajstić information content (AvgIpc) is 2.37. The Morgan fingerprint density at radius 2 is 1.89 bits per heavy atom. The van der Waals surface area contributed by atoms with Crippen LogP contribution >= 0.6 is 0 Å². The van der Waals surface area contributed by atoms with E-state index in [4.69, 9.17) is 0 Å². The van der Waals surface area contributed by atoms with E-state index >= 15 is 0 Å². The number of rotatable bonds is 6. The van der Waals surface area contributed by atoms with E-state index in [1.807, 2.05) is 6.92 Å². The number of sulfone groups is 1. The molecule has 1 rings (SSSR count). The molecule has 1 aromatic rings. The molecule has 0 bridgehead atoms. The maximum atomic E-state index is 12.7. The van der Waals surface area contributed by atoms with Gasteiger partial charge >= 0.3 is 0 Å². The van der Waals surface area contributed by atoms with E-state index in [0.29, 0.717) is 12.1 Å². The molecular formula is C13H18FNO3S. The molecule has 1 atom stereocenters. The second kappa shape index (κ2) is 6.65. The van der Waals surface area contributed by atoms with Crippen molar-refractivity contribution in [2.75, 3.05) is 6.54 Å². The first kappa shape index (κ1) is 15.6. The largest absolute Gasteiger partial charge is 0.355 e. The van der Waals surface area contributed by atoms with Crippen molar-refractivity contribution < 1.29 is 17.6 Å². The van der Waals surface area contributed by atoms with E-state index in [1.165, 1.54) is 31.2 Å². The number of hydrogen-bond donors (Lipinski definition) is 1. The van der Waals surface area contributed by atoms with Gasteiger partial charge < -0.3 is 5.32 Å². The van der Waals surface area contributed by atoms with Gasteiger partial charge in [0.1, 0.15) is 11.1 Å². The third-order valence-electron chi connectivity index (χ3n) is 2.74. The van der Waals surface area contributed by atoms with Gasteiger partial charge in [-0.1, -0.05) is 19.1 Å². The van der Waals surface area contributed by atoms with Crippen molar-refractivity contribution >= 4 is 15.7 Å². The van der Waals surface area contributed by atoms with Gasteiger partial charge in [-0.2, -0.15) is 0 Å². The number of benzene rings is 1. The molecule has 0 spiro atoms. The van der Waals surface area contributed by atoms with Gasteiger partial charge in [-0.15, -0.1) is 0 Å². The Bertz CT molecular complexity index is 525. The van der Waals surface area contributed by atoms with Crippen LogP contribution in [-0.4, -0.2) is 26.1 Å². The van der Waals surface area contributed by atoms with Crippen molar-refractivity contribution in [2.24, 2.45) is 0 Å². The summed E-state index contributed by atoms with van der Waals surface area (Å²) in [5, 5.41) is 1.45. The van der Waals surface area contributed by atoms with Gasteiger partial charge in [-0.25, -0.2) is 12.8 Å². The summed E-state index contributed by atoms with van der Waals surface area (Å²) in [6, 6.07) is 5.21. The maximum Gasteiger partial charge on any atom is 0.238 e. The summed E-state index contributed by atoms with van der Waals surface area (Å²) < 4.78 is 36.8. The number of halogens is 1. The smallest absolute Gasteiger partial charge is 0.238 e. The predicted octanol–water partition coefficient (Wildman–Crippen LogP) is 1.66. The van der Waals surface area contributed by atoms with E-state index < -0.39 is 26.8 Å². The van der Waals surface area contributed by atoms with Crippen LogP contribution in [0.5, 0.6) is 0 Å². The predicted molar refractivity (Wildman–Crippen MR) is 71.8 cm³/mol. The summed E-state index contributed by atoms with van der Waals surface area (Å²) in [4.78, 5) is 11.6. The van der Waals surface area contributed by atoms with Gasteiger partial charge in [-0.3, -0.25) is 4.79 Å². The fourth-order valence-electron chi connectivity index (χ4n) is 1.49. The standard InChI is InChI=1S/C13H18FNO3S/c1-3-8-15-13(16)10(2)19(17,18)9-11-4-6-12(14)7-5-11/h4-7,10H,3,8-9H2,1-2H3,(H,15,16)/t10-/m1/s1. The van der Waals surface area contributed by atoms with Crippen molar-refractivity contribution in [1.82, 2.24) is 5.32 Å². The topological polar surface area (TPSA) is 63.2 Å². The van der Waals surface area contributed by atoms with E-state index in [-0.39, 0.29) is 5.75 Å². The van der Waals surface area contributed by atoms with Crippen LogP contribution in [0.1, 0.15) is 25.8 Å². The second-order valence-corrected chi connectivity index (χ2v) is 6.69. The van der Waals surface area contributed by atoms with Crippen LogP contribution in [0.2, 0.25) is 0 Å². The highest BCUT2D eigenvalue weighted by molar-refractivity contribution is 7.92. The molecule has 106 valence electrons. The number of carbonyl (C=O) groups excluding carboxylic acids is 1. The lowest BCUT2D eigenvalue weighted by Gasteiger charge is -2.13. The molecule has 0 saturated carbocycles. The fraction of sp³-hybridized carbons (Fsp3) is 0.462. The van der Waals surface area contributed by atoms with Crippen LogP contribution in [0.15, 0.2) is 24.3 Å². The Kier molecular flexibility index (Phi) is 5.47. The van der Waals surface area contributed by atoms with Crippen molar-refractivity contribution in [3.05, 3.63) is 35.6 Å². The molecule has 0 saturated heterocycles. The van der Waals surface area contributed by atoms with Gasteiger partial charge in [0.2, 0.25) is 5.91 Å². The molecular weight excluding hydrogens is 269 g/mol. The Hall–Kier alpha value is -1.43. The average molecular weight is 287 g/mol. The zero-order valence-electron chi connectivity index (χ0n) is 11.0. The Morgan fingerprint density at radius 1 is 1.32 bits per heavy atom. The zero-order valence-corrected chi connectivity index (χ0v) is 11.8. The molecule has 0 radical (unpaired) electrons. The number of carbonyl (C=O) groups is 1. The lowest BCUT2D eigenvalue weighted by Crippen LogP contribution is -2.38. The zero-order chi connectivity index (χ0) is 14.5. The van der Waals surface area contributed by atoms with Crippen LogP contribution in [0, 0.1) is 5.82 Å². The van der Waals surface area contributed by atoms with Gasteiger partial charge in [0.05, 0.1) is 5.75 Å². The summed E-state index contributed by atoms with van der Waals surface area (Å²) in [6.07, 6.45) is 0.746. The summed E-state index contributed by atoms with van der Waals surface area (Å²) in [5.41, 5.74) is 0.469. The fourth-order valence-corrected chi connectivity index (χ4v) is 2.81. The second-order valence-electron chi connectivity index (χ2n) is 4.37. The molecule has 6 heteroatoms. The molecule has 0 aliphatic carbocycles. The molecule has 1 aromatic carbocycles. The summed E-state index contributed by atoms with van der Waals surface area (Å²) >= 11 is 0. The number of amides is 1. The van der Waals surface area contributed by atoms with Crippen LogP contribution in [-0.2, 0) is 20.4 Å². The minimum Gasteiger partial charge on any atom is -0.355 e. The van der Waals surface area contributed by atoms with Gasteiger partial charge in [-0.05, 0) is 31.0 Å². The normalized spacial score (nSPS) is 13.0. The minimum absolute atomic E-state index is 0.270. The van der Waals surface area contributed by atoms with Crippen LogP contribution < -0.4 is 5.32 Å². The third kappa shape index (κ3) is 4.63. The lowest BCUT2D eigenvalue weighted by molar-refractivity contribution is -0.120. The van der Waals surface area contributed by atoms with E-state index in [1.54, 1.807) is 0 Å². The quantitative estimate of drug-likeness (QED) is 0.865. The Morgan fingerprint density at radius 3 is 2.42 bits per heavy atom. The molecule has 1 amide bonds. The lowest BCUT2D eigenvalue weighted by atomic mass is 10.2. The van der Waals surface area contributed by atoms with Crippen molar-refractivity contribution in [2.45, 2.75) is 31.3 Å². The first-order valence-corrected chi connectivity index (χ1v) is 7.82. The van der Waals surface area contributed by atoms with Crippen molar-refractivity contribution in [3.63, 3.8) is 0 Å². The Labute approximate surface area is 112 Å². The summed E-state index contributed by atoms with van der Waals surface area (Å²) in [6.45, 7) is 3.71. The van der Waals surface area contributed by atoms with Crippen LogP contribution in [0.4, 0.5) is 4.39 Å². The summed E-state index contributed by atoms with van der Waals surface area (Å²) in [5.74, 6) is -1.19. The summed E-state index contributed by atoms with van der Waals surface area (Å²) in [7, 11) is -3.59.